The van der Waals surface area contributed by atoms with Crippen LogP contribution in [0.4, 0.5) is 8.78 Å². The van der Waals surface area contributed by atoms with E-state index < -0.39 is 40.3 Å². The summed E-state index contributed by atoms with van der Waals surface area (Å²) < 4.78 is 38.6. The van der Waals surface area contributed by atoms with Crippen LogP contribution in [0.3, 0.4) is 0 Å². The molecule has 9 unspecified atom stereocenters. The van der Waals surface area contributed by atoms with Crippen molar-refractivity contribution in [2.24, 2.45) is 28.6 Å². The van der Waals surface area contributed by atoms with E-state index in [0.717, 1.165) is 18.4 Å². The first kappa shape index (κ1) is 27.4. The molecule has 1 N–H and O–H groups in total. The molecule has 0 amide bonds. The number of aliphatic hydroxyl groups is 1. The fraction of sp³-hybridized carbons (Fsp3) is 0.667. The Bertz CT molecular complexity index is 1220. The maximum Gasteiger partial charge on any atom is 0.223 e. The van der Waals surface area contributed by atoms with Gasteiger partial charge >= 0.3 is 0 Å². The summed E-state index contributed by atoms with van der Waals surface area (Å²) in [7, 11) is 0. The molecule has 0 radical (unpaired) electrons. The fourth-order valence-corrected chi connectivity index (χ4v) is 10.0. The predicted molar refractivity (Wildman–Crippen MR) is 143 cm³/mol. The van der Waals surface area contributed by atoms with Gasteiger partial charge in [-0.05, 0) is 62.3 Å². The van der Waals surface area contributed by atoms with Crippen molar-refractivity contribution in [3.63, 3.8) is 0 Å². The largest absolute Gasteiger partial charge is 0.472 e. The molecule has 1 saturated heterocycles. The number of fused-ring (bicyclic) bond motifs is 7. The van der Waals surface area contributed by atoms with Gasteiger partial charge in [-0.15, -0.1) is 0 Å². The second kappa shape index (κ2) is 9.36. The number of thioether (sulfide) groups is 1. The number of unbranched alkanes of at least 4 members (excludes halogenated alkanes) is 1. The van der Waals surface area contributed by atoms with Gasteiger partial charge < -0.3 is 9.52 Å². The van der Waals surface area contributed by atoms with Gasteiger partial charge in [0.15, 0.2) is 17.1 Å². The van der Waals surface area contributed by atoms with Gasteiger partial charge in [0.05, 0.1) is 25.2 Å². The number of hydrogen-bond acceptors (Lipinski definition) is 7. The summed E-state index contributed by atoms with van der Waals surface area (Å²) in [5.74, 6) is -1.13. The average molecular weight is 562 g/mol. The van der Waals surface area contributed by atoms with Crippen LogP contribution < -0.4 is 0 Å². The monoisotopic (exact) mass is 561 g/mol. The highest BCUT2D eigenvalue weighted by atomic mass is 32.2. The molecular formula is C30H37F2NO5S. The number of furan rings is 1. The molecule has 3 saturated carbocycles. The minimum absolute atomic E-state index is 0.0163. The molecule has 0 bridgehead atoms. The number of halogens is 2. The fourth-order valence-electron chi connectivity index (χ4n) is 8.76. The number of aliphatic hydroxyl groups excluding tert-OH is 1. The third kappa shape index (κ3) is 3.61. The minimum Gasteiger partial charge on any atom is -0.472 e. The minimum atomic E-state index is -2.17. The molecule has 9 heteroatoms. The van der Waals surface area contributed by atoms with Gasteiger partial charge in [0.2, 0.25) is 5.12 Å². The summed E-state index contributed by atoms with van der Waals surface area (Å²) in [6, 6.07) is 1.85. The molecule has 4 aliphatic carbocycles. The molecular weight excluding hydrogens is 524 g/mol. The van der Waals surface area contributed by atoms with Gasteiger partial charge in [0.1, 0.15) is 6.17 Å². The highest BCUT2D eigenvalue weighted by Crippen LogP contribution is 2.73. The molecule has 1 aromatic heterocycles. The lowest BCUT2D eigenvalue weighted by atomic mass is 9.44. The zero-order valence-corrected chi connectivity index (χ0v) is 23.5. The third-order valence-corrected chi connectivity index (χ3v) is 11.7. The Hall–Kier alpha value is -1.81. The Morgan fingerprint density at radius 1 is 1.28 bits per heavy atom. The van der Waals surface area contributed by atoms with Crippen LogP contribution in [0.5, 0.6) is 0 Å². The van der Waals surface area contributed by atoms with Gasteiger partial charge in [0, 0.05) is 40.5 Å². The van der Waals surface area contributed by atoms with Crippen LogP contribution in [0.2, 0.25) is 0 Å². The van der Waals surface area contributed by atoms with Crippen LogP contribution in [0.15, 0.2) is 46.8 Å². The quantitative estimate of drug-likeness (QED) is 0.468. The molecule has 6 nitrogen and oxygen atoms in total. The smallest absolute Gasteiger partial charge is 0.223 e. The van der Waals surface area contributed by atoms with Crippen LogP contribution in [-0.4, -0.2) is 56.9 Å². The number of ketones is 1. The number of hydroxylamine groups is 2. The van der Waals surface area contributed by atoms with Crippen LogP contribution >= 0.6 is 11.8 Å². The zero-order chi connectivity index (χ0) is 27.8. The van der Waals surface area contributed by atoms with E-state index in [1.807, 2.05) is 13.0 Å². The lowest BCUT2D eigenvalue weighted by Crippen LogP contribution is -2.70. The maximum absolute atomic E-state index is 17.5. The lowest BCUT2D eigenvalue weighted by molar-refractivity contribution is -0.266. The summed E-state index contributed by atoms with van der Waals surface area (Å²) in [6.45, 7) is 6.55. The summed E-state index contributed by atoms with van der Waals surface area (Å²) in [4.78, 5) is 32.9. The van der Waals surface area contributed by atoms with Crippen molar-refractivity contribution >= 4 is 22.7 Å². The Morgan fingerprint density at radius 3 is 2.79 bits per heavy atom. The Balaban J connectivity index is 1.40. The molecule has 1 aliphatic heterocycles. The zero-order valence-electron chi connectivity index (χ0n) is 22.7. The van der Waals surface area contributed by atoms with E-state index in [1.54, 1.807) is 24.5 Å². The van der Waals surface area contributed by atoms with Crippen molar-refractivity contribution < 1.29 is 32.7 Å². The molecule has 0 aromatic carbocycles. The molecule has 2 heterocycles. The summed E-state index contributed by atoms with van der Waals surface area (Å²) in [6.07, 6.45) is 6.46. The van der Waals surface area contributed by atoms with E-state index >= 15 is 8.78 Å². The summed E-state index contributed by atoms with van der Waals surface area (Å²) in [5.41, 5.74) is -4.73. The average Bonchev–Trinajstić information content (AvgIpc) is 3.58. The van der Waals surface area contributed by atoms with Gasteiger partial charge in [-0.1, -0.05) is 38.1 Å². The van der Waals surface area contributed by atoms with Crippen molar-refractivity contribution in [2.75, 3.05) is 12.3 Å². The first-order chi connectivity index (χ1) is 18.5. The number of allylic oxidation sites excluding steroid dienone is 4. The standard InChI is InChI=1S/C30H37F2NO5S/c1-4-5-10-39-26(36)30-19(16-33(38-30)15-18-7-9-37-17-18)11-21-22-13-24(31)23-12-20(34)6-8-27(23,2)29(22,32)25(35)14-28(21,30)3/h6-9,12,17,19,21-22,24-25,35H,4-5,10-11,13-16H2,1-3H3. The molecule has 212 valence electrons. The number of rotatable bonds is 6. The molecule has 9 atom stereocenters. The second-order valence-electron chi connectivity index (χ2n) is 12.6. The molecule has 0 spiro atoms. The van der Waals surface area contributed by atoms with Crippen LogP contribution in [-0.2, 0) is 21.0 Å². The van der Waals surface area contributed by atoms with Crippen LogP contribution in [0.25, 0.3) is 0 Å². The molecule has 5 aliphatic rings. The summed E-state index contributed by atoms with van der Waals surface area (Å²) in [5, 5.41) is 13.4. The van der Waals surface area contributed by atoms with E-state index in [2.05, 4.69) is 6.92 Å². The topological polar surface area (TPSA) is 80.0 Å². The SMILES string of the molecule is CCCCSC(=O)C12ON(Cc3ccoc3)CC1CC1C3CC(F)C4=CC(=O)C=CC4(C)C3(F)C(O)CC12C. The lowest BCUT2D eigenvalue weighted by Gasteiger charge is -2.63. The number of alkyl halides is 2. The summed E-state index contributed by atoms with van der Waals surface area (Å²) >= 11 is 1.26. The first-order valence-electron chi connectivity index (χ1n) is 14.1. The Kier molecular flexibility index (Phi) is 6.57. The van der Waals surface area contributed by atoms with Gasteiger partial charge in [-0.25, -0.2) is 8.78 Å². The van der Waals surface area contributed by atoms with Crippen molar-refractivity contribution in [1.29, 1.82) is 0 Å². The van der Waals surface area contributed by atoms with E-state index in [4.69, 9.17) is 9.25 Å². The van der Waals surface area contributed by atoms with Crippen LogP contribution in [0.1, 0.15) is 58.4 Å². The number of nitrogens with zero attached hydrogens (tertiary/aromatic N) is 1. The van der Waals surface area contributed by atoms with E-state index in [1.165, 1.54) is 30.0 Å². The highest BCUT2D eigenvalue weighted by Gasteiger charge is 2.79. The molecule has 4 fully saturated rings. The maximum atomic E-state index is 17.5. The molecule has 39 heavy (non-hydrogen) atoms. The predicted octanol–water partition coefficient (Wildman–Crippen LogP) is 5.37. The van der Waals surface area contributed by atoms with Gasteiger partial charge in [0.25, 0.3) is 0 Å². The third-order valence-electron chi connectivity index (χ3n) is 10.7. The van der Waals surface area contributed by atoms with Crippen molar-refractivity contribution in [2.45, 2.75) is 83.0 Å². The van der Waals surface area contributed by atoms with Crippen molar-refractivity contribution in [3.05, 3.63) is 48.0 Å². The molecule has 1 aromatic rings. The highest BCUT2D eigenvalue weighted by molar-refractivity contribution is 8.13. The van der Waals surface area contributed by atoms with Gasteiger partial charge in [-0.3, -0.25) is 14.4 Å². The first-order valence-corrected chi connectivity index (χ1v) is 15.1. The van der Waals surface area contributed by atoms with Crippen molar-refractivity contribution in [1.82, 2.24) is 5.06 Å². The Labute approximate surface area is 232 Å². The second-order valence-corrected chi connectivity index (χ2v) is 13.6. The van der Waals surface area contributed by atoms with E-state index in [9.17, 15) is 14.7 Å². The number of hydrogen-bond donors (Lipinski definition) is 1. The van der Waals surface area contributed by atoms with E-state index in [-0.39, 0.29) is 41.1 Å². The van der Waals surface area contributed by atoms with Gasteiger partial charge in [-0.2, -0.15) is 5.06 Å². The van der Waals surface area contributed by atoms with E-state index in [0.29, 0.717) is 25.3 Å². The number of carbonyl (C=O) groups is 2. The number of carbonyl (C=O) groups excluding carboxylic acids is 2. The normalized spacial score (nSPS) is 44.9. The van der Waals surface area contributed by atoms with Crippen molar-refractivity contribution in [3.8, 4) is 0 Å². The Morgan fingerprint density at radius 2 is 2.08 bits per heavy atom. The molecule has 6 rings (SSSR count). The van der Waals surface area contributed by atoms with Crippen LogP contribution in [0, 0.1) is 28.6 Å².